The summed E-state index contributed by atoms with van der Waals surface area (Å²) in [6.45, 7) is 1.05. The molecule has 1 aliphatic heterocycles. The van der Waals surface area contributed by atoms with E-state index < -0.39 is 0 Å². The predicted octanol–water partition coefficient (Wildman–Crippen LogP) is -0.413. The van der Waals surface area contributed by atoms with Crippen molar-refractivity contribution in [3.8, 4) is 0 Å². The number of likely N-dealkylation sites (N-methyl/N-ethyl adjacent to an activating group) is 1. The smallest absolute Gasteiger partial charge is 0.0915 e. The van der Waals surface area contributed by atoms with Gasteiger partial charge in [0.2, 0.25) is 0 Å². The molecule has 0 aromatic carbocycles. The first kappa shape index (κ1) is 5.00. The van der Waals surface area contributed by atoms with E-state index >= 15 is 0 Å². The molecule has 7 heavy (non-hydrogen) atoms. The van der Waals surface area contributed by atoms with Crippen molar-refractivity contribution in [2.24, 2.45) is 5.73 Å². The topological polar surface area (TPSA) is 29.0 Å². The first-order valence-corrected chi connectivity index (χ1v) is 2.62. The summed E-state index contributed by atoms with van der Waals surface area (Å²) in [6.07, 6.45) is 0. The molecule has 2 unspecified atom stereocenters. The van der Waals surface area contributed by atoms with Crippen molar-refractivity contribution in [1.29, 1.82) is 0 Å². The summed E-state index contributed by atoms with van der Waals surface area (Å²) >= 11 is 4.70. The number of hydrogen-bond donors (Lipinski definition) is 1. The van der Waals surface area contributed by atoms with Crippen LogP contribution in [0.25, 0.3) is 0 Å². The summed E-state index contributed by atoms with van der Waals surface area (Å²) in [5.74, 6) is 0. The molecule has 1 rings (SSSR count). The fourth-order valence-corrected chi connectivity index (χ4v) is 0.787. The summed E-state index contributed by atoms with van der Waals surface area (Å²) in [5, 5.41) is 0. The lowest BCUT2D eigenvalue weighted by Gasteiger charge is -1.87. The van der Waals surface area contributed by atoms with Gasteiger partial charge >= 0.3 is 0 Å². The van der Waals surface area contributed by atoms with Gasteiger partial charge in [-0.2, -0.15) is 0 Å². The Balaban J connectivity index is 2.33. The zero-order valence-electron chi connectivity index (χ0n) is 4.22. The van der Waals surface area contributed by atoms with Gasteiger partial charge < -0.3 is 5.73 Å². The highest BCUT2D eigenvalue weighted by Crippen LogP contribution is 2.11. The Hall–Kier alpha value is -0.150. The Labute approximate surface area is 48.3 Å². The van der Waals surface area contributed by atoms with Crippen molar-refractivity contribution < 1.29 is 0 Å². The fourth-order valence-electron chi connectivity index (χ4n) is 0.533. The minimum Gasteiger partial charge on any atom is -0.392 e. The number of thiocarbonyl (C=S) groups is 1. The SMILES string of the molecule is CN1CC1C(N)=S. The molecule has 2 nitrogen and oxygen atoms in total. The van der Waals surface area contributed by atoms with Crippen LogP contribution in [0.1, 0.15) is 0 Å². The van der Waals surface area contributed by atoms with E-state index in [0.29, 0.717) is 11.0 Å². The van der Waals surface area contributed by atoms with Crippen molar-refractivity contribution in [1.82, 2.24) is 4.90 Å². The third kappa shape index (κ3) is 0.894. The van der Waals surface area contributed by atoms with E-state index in [4.69, 9.17) is 18.0 Å². The van der Waals surface area contributed by atoms with Crippen LogP contribution in [0.15, 0.2) is 0 Å². The van der Waals surface area contributed by atoms with E-state index in [1.807, 2.05) is 7.05 Å². The number of rotatable bonds is 1. The van der Waals surface area contributed by atoms with E-state index in [2.05, 4.69) is 4.90 Å². The zero-order valence-corrected chi connectivity index (χ0v) is 5.03. The molecular formula is C4H8N2S. The molecule has 0 saturated carbocycles. The third-order valence-corrected chi connectivity index (χ3v) is 1.46. The normalized spacial score (nSPS) is 37.9. The van der Waals surface area contributed by atoms with E-state index in [9.17, 15) is 0 Å². The van der Waals surface area contributed by atoms with Crippen LogP contribution in [0.5, 0.6) is 0 Å². The van der Waals surface area contributed by atoms with Crippen LogP contribution in [0.2, 0.25) is 0 Å². The van der Waals surface area contributed by atoms with E-state index in [1.54, 1.807) is 0 Å². The molecule has 0 spiro atoms. The van der Waals surface area contributed by atoms with Crippen molar-refractivity contribution in [3.63, 3.8) is 0 Å². The number of hydrogen-bond acceptors (Lipinski definition) is 2. The van der Waals surface area contributed by atoms with Crippen molar-refractivity contribution in [2.45, 2.75) is 6.04 Å². The lowest BCUT2D eigenvalue weighted by molar-refractivity contribution is 0.672. The number of nitrogens with zero attached hydrogens (tertiary/aromatic N) is 1. The van der Waals surface area contributed by atoms with Crippen LogP contribution < -0.4 is 5.73 Å². The van der Waals surface area contributed by atoms with Gasteiger partial charge in [-0.3, -0.25) is 4.90 Å². The van der Waals surface area contributed by atoms with Crippen LogP contribution in [-0.2, 0) is 0 Å². The van der Waals surface area contributed by atoms with Crippen LogP contribution >= 0.6 is 12.2 Å². The summed E-state index contributed by atoms with van der Waals surface area (Å²) in [4.78, 5) is 2.73. The maximum absolute atomic E-state index is 5.28. The molecule has 40 valence electrons. The fraction of sp³-hybridized carbons (Fsp3) is 0.750. The standard InChI is InChI=1S/C4H8N2S/c1-6-2-3(6)4(5)7/h3H,2H2,1H3,(H2,5,7). The largest absolute Gasteiger partial charge is 0.392 e. The molecule has 1 saturated heterocycles. The number of nitrogens with two attached hydrogens (primary N) is 1. The maximum Gasteiger partial charge on any atom is 0.0915 e. The minimum atomic E-state index is 0.412. The molecule has 0 bridgehead atoms. The zero-order chi connectivity index (χ0) is 5.44. The molecule has 1 fully saturated rings. The monoisotopic (exact) mass is 116 g/mol. The van der Waals surface area contributed by atoms with Gasteiger partial charge in [-0.15, -0.1) is 0 Å². The van der Waals surface area contributed by atoms with E-state index in [0.717, 1.165) is 6.54 Å². The molecule has 2 N–H and O–H groups in total. The Morgan fingerprint density at radius 2 is 2.43 bits per heavy atom. The quantitative estimate of drug-likeness (QED) is 0.373. The van der Waals surface area contributed by atoms with E-state index in [-0.39, 0.29) is 0 Å². The van der Waals surface area contributed by atoms with Crippen molar-refractivity contribution in [2.75, 3.05) is 13.6 Å². The van der Waals surface area contributed by atoms with Crippen LogP contribution in [0.3, 0.4) is 0 Å². The Kier molecular flexibility index (Phi) is 1.01. The molecule has 0 aromatic rings. The van der Waals surface area contributed by atoms with Crippen LogP contribution in [-0.4, -0.2) is 29.5 Å². The maximum atomic E-state index is 5.28. The molecule has 1 heterocycles. The van der Waals surface area contributed by atoms with Crippen LogP contribution in [0.4, 0.5) is 0 Å². The Morgan fingerprint density at radius 1 is 2.00 bits per heavy atom. The van der Waals surface area contributed by atoms with Gasteiger partial charge in [-0.1, -0.05) is 12.2 Å². The second-order valence-electron chi connectivity index (χ2n) is 1.86. The van der Waals surface area contributed by atoms with Gasteiger partial charge in [-0.25, -0.2) is 0 Å². The molecule has 2 atom stereocenters. The highest BCUT2D eigenvalue weighted by atomic mass is 32.1. The molecule has 0 amide bonds. The molecule has 0 aliphatic carbocycles. The predicted molar refractivity (Wildman–Crippen MR) is 33.2 cm³/mol. The van der Waals surface area contributed by atoms with Gasteiger partial charge in [0.1, 0.15) is 0 Å². The highest BCUT2D eigenvalue weighted by molar-refractivity contribution is 7.80. The van der Waals surface area contributed by atoms with Gasteiger partial charge in [0.25, 0.3) is 0 Å². The van der Waals surface area contributed by atoms with Gasteiger partial charge in [0, 0.05) is 6.54 Å². The first-order chi connectivity index (χ1) is 3.22. The molecule has 0 radical (unpaired) electrons. The Morgan fingerprint density at radius 3 is 2.43 bits per heavy atom. The molecule has 0 aromatic heterocycles. The molecule has 1 aliphatic rings. The minimum absolute atomic E-state index is 0.412. The van der Waals surface area contributed by atoms with Crippen LogP contribution in [0, 0.1) is 0 Å². The molecule has 3 heteroatoms. The second-order valence-corrected chi connectivity index (χ2v) is 2.33. The first-order valence-electron chi connectivity index (χ1n) is 2.21. The summed E-state index contributed by atoms with van der Waals surface area (Å²) in [7, 11) is 2.00. The summed E-state index contributed by atoms with van der Waals surface area (Å²) in [5.41, 5.74) is 5.28. The van der Waals surface area contributed by atoms with Crippen molar-refractivity contribution >= 4 is 17.2 Å². The van der Waals surface area contributed by atoms with Crippen molar-refractivity contribution in [3.05, 3.63) is 0 Å². The Bertz CT molecular complexity index is 102. The third-order valence-electron chi connectivity index (χ3n) is 1.19. The van der Waals surface area contributed by atoms with Gasteiger partial charge in [-0.05, 0) is 7.05 Å². The average Bonchev–Trinajstić information content (AvgIpc) is 2.17. The summed E-state index contributed by atoms with van der Waals surface area (Å²) in [6, 6.07) is 0.412. The highest BCUT2D eigenvalue weighted by Gasteiger charge is 2.31. The lowest BCUT2D eigenvalue weighted by atomic mass is 10.5. The molecular weight excluding hydrogens is 108 g/mol. The average molecular weight is 116 g/mol. The second kappa shape index (κ2) is 1.42. The van der Waals surface area contributed by atoms with Gasteiger partial charge in [0.15, 0.2) is 0 Å². The summed E-state index contributed by atoms with van der Waals surface area (Å²) < 4.78 is 0. The van der Waals surface area contributed by atoms with Gasteiger partial charge in [0.05, 0.1) is 11.0 Å². The lowest BCUT2D eigenvalue weighted by Crippen LogP contribution is -2.17. The van der Waals surface area contributed by atoms with E-state index in [1.165, 1.54) is 0 Å².